The van der Waals surface area contributed by atoms with Crippen LogP contribution >= 0.6 is 0 Å². The molecule has 1 aliphatic rings. The molecule has 2 heterocycles. The molecule has 168 valence electrons. The fourth-order valence-electron chi connectivity index (χ4n) is 3.97. The number of anilines is 1. The van der Waals surface area contributed by atoms with E-state index in [1.54, 1.807) is 7.05 Å². The van der Waals surface area contributed by atoms with Crippen LogP contribution in [0.2, 0.25) is 0 Å². The Morgan fingerprint density at radius 2 is 2.16 bits per heavy atom. The van der Waals surface area contributed by atoms with Gasteiger partial charge < -0.3 is 15.5 Å². The minimum absolute atomic E-state index is 0.491. The van der Waals surface area contributed by atoms with Gasteiger partial charge in [-0.05, 0) is 43.0 Å². The molecular formula is C26H34N6. The van der Waals surface area contributed by atoms with Crippen molar-refractivity contribution >= 4 is 23.2 Å². The third-order valence-corrected chi connectivity index (χ3v) is 5.65. The van der Waals surface area contributed by atoms with Crippen LogP contribution in [0, 0.1) is 5.92 Å². The van der Waals surface area contributed by atoms with E-state index in [1.807, 2.05) is 56.5 Å². The van der Waals surface area contributed by atoms with Crippen molar-refractivity contribution in [3.63, 3.8) is 0 Å². The van der Waals surface area contributed by atoms with Crippen molar-refractivity contribution in [1.29, 1.82) is 0 Å². The van der Waals surface area contributed by atoms with E-state index in [0.29, 0.717) is 18.3 Å². The zero-order valence-electron chi connectivity index (χ0n) is 19.6. The van der Waals surface area contributed by atoms with E-state index in [0.717, 1.165) is 53.2 Å². The van der Waals surface area contributed by atoms with Crippen LogP contribution in [0.4, 0.5) is 5.82 Å². The summed E-state index contributed by atoms with van der Waals surface area (Å²) in [7, 11) is 5.79. The Morgan fingerprint density at radius 1 is 1.34 bits per heavy atom. The van der Waals surface area contributed by atoms with Gasteiger partial charge in [-0.1, -0.05) is 36.9 Å². The van der Waals surface area contributed by atoms with E-state index in [9.17, 15) is 0 Å². The lowest BCUT2D eigenvalue weighted by Crippen LogP contribution is -2.25. The van der Waals surface area contributed by atoms with Gasteiger partial charge in [0.1, 0.15) is 5.82 Å². The number of nitrogens with two attached hydrogens (primary N) is 1. The van der Waals surface area contributed by atoms with Crippen LogP contribution in [0.25, 0.3) is 22.5 Å². The summed E-state index contributed by atoms with van der Waals surface area (Å²) >= 11 is 0. The lowest BCUT2D eigenvalue weighted by atomic mass is 10.0. The van der Waals surface area contributed by atoms with Crippen molar-refractivity contribution in [3.05, 3.63) is 66.5 Å². The summed E-state index contributed by atoms with van der Waals surface area (Å²) in [5, 5.41) is 0. The van der Waals surface area contributed by atoms with Crippen LogP contribution < -0.4 is 10.6 Å². The highest BCUT2D eigenvalue weighted by molar-refractivity contribution is 6.11. The molecule has 1 unspecified atom stereocenters. The first kappa shape index (κ1) is 23.4. The summed E-state index contributed by atoms with van der Waals surface area (Å²) in [5.74, 6) is 2.14. The second-order valence-corrected chi connectivity index (χ2v) is 8.23. The number of hydrogen-bond acceptors (Lipinski definition) is 6. The van der Waals surface area contributed by atoms with Crippen LogP contribution in [0.3, 0.4) is 0 Å². The van der Waals surface area contributed by atoms with Crippen molar-refractivity contribution in [2.24, 2.45) is 16.6 Å². The number of nitrogens with zero attached hydrogens (tertiary/aromatic N) is 5. The first-order valence-electron chi connectivity index (χ1n) is 11.0. The van der Waals surface area contributed by atoms with Gasteiger partial charge in [-0.2, -0.15) is 0 Å². The van der Waals surface area contributed by atoms with Crippen molar-refractivity contribution in [2.45, 2.75) is 13.3 Å². The Balaban J connectivity index is 2.08. The normalized spacial score (nSPS) is 17.3. The van der Waals surface area contributed by atoms with Crippen LogP contribution in [0.1, 0.15) is 24.5 Å². The van der Waals surface area contributed by atoms with Crippen LogP contribution in [0.15, 0.2) is 60.4 Å². The van der Waals surface area contributed by atoms with Crippen LogP contribution in [-0.2, 0) is 0 Å². The number of aliphatic imine (C=N–C) groups is 1. The highest BCUT2D eigenvalue weighted by Crippen LogP contribution is 2.31. The molecule has 6 nitrogen and oxygen atoms in total. The molecule has 6 heteroatoms. The molecule has 0 amide bonds. The lowest BCUT2D eigenvalue weighted by molar-refractivity contribution is 0.566. The van der Waals surface area contributed by atoms with Gasteiger partial charge in [0, 0.05) is 69.5 Å². The van der Waals surface area contributed by atoms with Gasteiger partial charge in [0.05, 0.1) is 0 Å². The summed E-state index contributed by atoms with van der Waals surface area (Å²) in [6.07, 6.45) is 10.8. The fraction of sp³-hybridized carbons (Fsp3) is 0.346. The summed E-state index contributed by atoms with van der Waals surface area (Å²) in [4.78, 5) is 18.4. The average Bonchev–Trinajstić information content (AvgIpc) is 3.30. The first-order valence-corrected chi connectivity index (χ1v) is 11.0. The third-order valence-electron chi connectivity index (χ3n) is 5.65. The molecular weight excluding hydrogens is 396 g/mol. The van der Waals surface area contributed by atoms with Crippen molar-refractivity contribution < 1.29 is 0 Å². The Bertz CT molecular complexity index is 1030. The second kappa shape index (κ2) is 10.9. The average molecular weight is 431 g/mol. The van der Waals surface area contributed by atoms with Gasteiger partial charge in [-0.25, -0.2) is 9.97 Å². The number of rotatable bonds is 8. The van der Waals surface area contributed by atoms with Gasteiger partial charge >= 0.3 is 0 Å². The molecule has 1 aromatic carbocycles. The van der Waals surface area contributed by atoms with E-state index in [-0.39, 0.29) is 0 Å². The largest absolute Gasteiger partial charge is 0.383 e. The molecule has 2 N–H and O–H groups in total. The molecule has 32 heavy (non-hydrogen) atoms. The van der Waals surface area contributed by atoms with Gasteiger partial charge in [0.25, 0.3) is 0 Å². The third kappa shape index (κ3) is 5.32. The first-order chi connectivity index (χ1) is 15.5. The maximum atomic E-state index is 5.95. The number of allylic oxidation sites excluding steroid dienone is 4. The van der Waals surface area contributed by atoms with Crippen molar-refractivity contribution in [2.75, 3.05) is 45.7 Å². The zero-order valence-corrected chi connectivity index (χ0v) is 19.6. The van der Waals surface area contributed by atoms with E-state index >= 15 is 0 Å². The predicted molar refractivity (Wildman–Crippen MR) is 137 cm³/mol. The minimum atomic E-state index is 0.491. The zero-order chi connectivity index (χ0) is 23.1. The summed E-state index contributed by atoms with van der Waals surface area (Å²) in [6.45, 7) is 8.53. The van der Waals surface area contributed by atoms with Crippen LogP contribution in [0.5, 0.6) is 0 Å². The molecule has 1 aromatic heterocycles. The molecule has 1 atom stereocenters. The Morgan fingerprint density at radius 3 is 2.78 bits per heavy atom. The molecule has 0 saturated carbocycles. The maximum Gasteiger partial charge on any atom is 0.161 e. The molecule has 2 aromatic rings. The molecule has 0 aliphatic carbocycles. The van der Waals surface area contributed by atoms with E-state index in [1.165, 1.54) is 0 Å². The van der Waals surface area contributed by atoms with Gasteiger partial charge in [0.2, 0.25) is 0 Å². The minimum Gasteiger partial charge on any atom is -0.383 e. The van der Waals surface area contributed by atoms with Gasteiger partial charge in [-0.15, -0.1) is 0 Å². The fourth-order valence-corrected chi connectivity index (χ4v) is 3.97. The molecule has 0 spiro atoms. The molecule has 0 bridgehead atoms. The highest BCUT2D eigenvalue weighted by atomic mass is 15.2. The Hall–Kier alpha value is -3.25. The van der Waals surface area contributed by atoms with Crippen LogP contribution in [-0.4, -0.2) is 61.9 Å². The number of aromatic nitrogens is 2. The maximum absolute atomic E-state index is 5.95. The molecule has 1 fully saturated rings. The number of benzene rings is 1. The molecule has 3 rings (SSSR count). The SMILES string of the molecule is C=C/C(=C\N(C)C)c1cccc(-c2ncc(C(/C=N\C)=C/C)c(N3CCC(CN)C3)n2)c1. The molecule has 1 aliphatic heterocycles. The van der Waals surface area contributed by atoms with E-state index < -0.39 is 0 Å². The van der Waals surface area contributed by atoms with E-state index in [2.05, 4.69) is 40.9 Å². The highest BCUT2D eigenvalue weighted by Gasteiger charge is 2.25. The van der Waals surface area contributed by atoms with Gasteiger partial charge in [0.15, 0.2) is 5.82 Å². The van der Waals surface area contributed by atoms with E-state index in [4.69, 9.17) is 15.7 Å². The Kier molecular flexibility index (Phi) is 7.95. The second-order valence-electron chi connectivity index (χ2n) is 8.23. The molecule has 0 radical (unpaired) electrons. The summed E-state index contributed by atoms with van der Waals surface area (Å²) < 4.78 is 0. The topological polar surface area (TPSA) is 70.6 Å². The quantitative estimate of drug-likeness (QED) is 0.504. The molecule has 1 saturated heterocycles. The smallest absolute Gasteiger partial charge is 0.161 e. The monoisotopic (exact) mass is 430 g/mol. The Labute approximate surface area is 191 Å². The standard InChI is InChI=1S/C26H34N6/c1-6-20(15-28-3)24-16-29-25(30-26(24)32-12-11-19(14-27)17-32)23-10-8-9-22(13-23)21(7-2)18-31(4)5/h6-10,13,15-16,18-19H,2,11-12,14,17,27H2,1,3-5H3/b20-6+,21-18+,28-15-. The van der Waals surface area contributed by atoms with Crippen molar-refractivity contribution in [3.8, 4) is 11.4 Å². The number of hydrogen-bond donors (Lipinski definition) is 1. The summed E-state index contributed by atoms with van der Waals surface area (Å²) in [6, 6.07) is 8.29. The lowest BCUT2D eigenvalue weighted by Gasteiger charge is -2.22. The van der Waals surface area contributed by atoms with Crippen molar-refractivity contribution in [1.82, 2.24) is 14.9 Å². The predicted octanol–water partition coefficient (Wildman–Crippen LogP) is 4.12. The summed E-state index contributed by atoms with van der Waals surface area (Å²) in [5.41, 5.74) is 11.1. The van der Waals surface area contributed by atoms with Gasteiger partial charge in [-0.3, -0.25) is 4.99 Å².